The summed E-state index contributed by atoms with van der Waals surface area (Å²) in [4.78, 5) is 0. The van der Waals surface area contributed by atoms with E-state index >= 15 is 0 Å². The zero-order valence-corrected chi connectivity index (χ0v) is 11.7. The molecule has 0 saturated carbocycles. The Balaban J connectivity index is 4.71. The van der Waals surface area contributed by atoms with Gasteiger partial charge in [0.2, 0.25) is 7.55 Å². The minimum Gasteiger partial charge on any atom is -0.317 e. The Bertz CT molecular complexity index is 140. The fourth-order valence-corrected chi connectivity index (χ4v) is 6.75. The van der Waals surface area contributed by atoms with E-state index in [1.54, 1.807) is 0 Å². The minimum atomic E-state index is -1.73. The normalized spacial score (nSPS) is 21.2. The first-order valence-corrected chi connectivity index (χ1v) is 8.38. The van der Waals surface area contributed by atoms with E-state index in [9.17, 15) is 0 Å². The molecule has 13 heavy (non-hydrogen) atoms. The number of halogens is 1. The lowest BCUT2D eigenvalue weighted by Crippen LogP contribution is -2.50. The molecule has 0 aromatic rings. The molecule has 0 bridgehead atoms. The van der Waals surface area contributed by atoms with Gasteiger partial charge in [0.1, 0.15) is 0 Å². The number of hydrogen-bond acceptors (Lipinski definition) is 1. The molecule has 0 aliphatic heterocycles. The largest absolute Gasteiger partial charge is 0.317 e. The summed E-state index contributed by atoms with van der Waals surface area (Å²) in [5.41, 5.74) is 1.33. The first-order valence-electron chi connectivity index (χ1n) is 5.27. The van der Waals surface area contributed by atoms with Crippen LogP contribution in [-0.4, -0.2) is 26.2 Å². The Kier molecular flexibility index (Phi) is 5.57. The van der Waals surface area contributed by atoms with E-state index in [4.69, 9.17) is 11.1 Å². The summed E-state index contributed by atoms with van der Waals surface area (Å²) in [5.74, 6) is 0. The predicted molar refractivity (Wildman–Crippen MR) is 64.7 cm³/mol. The molecule has 0 aliphatic carbocycles. The van der Waals surface area contributed by atoms with Gasteiger partial charge in [0.05, 0.1) is 0 Å². The van der Waals surface area contributed by atoms with Gasteiger partial charge in [0, 0.05) is 0 Å². The van der Waals surface area contributed by atoms with E-state index in [1.807, 2.05) is 0 Å². The van der Waals surface area contributed by atoms with Crippen LogP contribution in [0.2, 0.25) is 11.1 Å². The molecule has 0 heterocycles. The molecule has 1 nitrogen and oxygen atoms in total. The standard InChI is InChI=1S/C10H24ClNSi/c1-7-9(3)13(11,12(5)6)10(4)8-2/h9-10H,7-8H2,1-6H3. The quantitative estimate of drug-likeness (QED) is 0.504. The van der Waals surface area contributed by atoms with Crippen LogP contribution in [0.4, 0.5) is 0 Å². The second-order valence-corrected chi connectivity index (χ2v) is 10.4. The highest BCUT2D eigenvalue weighted by molar-refractivity contribution is 7.20. The van der Waals surface area contributed by atoms with Gasteiger partial charge in [0.25, 0.3) is 0 Å². The minimum absolute atomic E-state index is 0.666. The smallest absolute Gasteiger partial charge is 0.234 e. The summed E-state index contributed by atoms with van der Waals surface area (Å²) < 4.78 is 2.30. The topological polar surface area (TPSA) is 3.24 Å². The number of nitrogens with zero attached hydrogens (tertiary/aromatic N) is 1. The summed E-state index contributed by atoms with van der Waals surface area (Å²) >= 11 is 6.84. The fourth-order valence-electron chi connectivity index (χ4n) is 1.94. The van der Waals surface area contributed by atoms with E-state index in [-0.39, 0.29) is 0 Å². The predicted octanol–water partition coefficient (Wildman–Crippen LogP) is 3.83. The van der Waals surface area contributed by atoms with Crippen LogP contribution in [0.25, 0.3) is 0 Å². The molecule has 2 unspecified atom stereocenters. The van der Waals surface area contributed by atoms with Crippen molar-refractivity contribution in [3.63, 3.8) is 0 Å². The van der Waals surface area contributed by atoms with Gasteiger partial charge in [-0.3, -0.25) is 0 Å². The van der Waals surface area contributed by atoms with Crippen molar-refractivity contribution < 1.29 is 0 Å². The molecule has 0 amide bonds. The number of rotatable bonds is 5. The molecular formula is C10H24ClNSi. The molecule has 0 aromatic heterocycles. The van der Waals surface area contributed by atoms with Gasteiger partial charge in [-0.2, -0.15) is 0 Å². The maximum absolute atomic E-state index is 6.84. The molecule has 80 valence electrons. The Morgan fingerprint density at radius 1 is 1.08 bits per heavy atom. The van der Waals surface area contributed by atoms with Gasteiger partial charge in [-0.15, -0.1) is 11.1 Å². The first kappa shape index (κ1) is 13.5. The highest BCUT2D eigenvalue weighted by Gasteiger charge is 2.43. The van der Waals surface area contributed by atoms with E-state index < -0.39 is 7.55 Å². The van der Waals surface area contributed by atoms with Crippen molar-refractivity contribution in [1.29, 1.82) is 0 Å². The molecule has 2 atom stereocenters. The van der Waals surface area contributed by atoms with Crippen LogP contribution in [0.5, 0.6) is 0 Å². The van der Waals surface area contributed by atoms with E-state index in [1.165, 1.54) is 12.8 Å². The summed E-state index contributed by atoms with van der Waals surface area (Å²) in [5, 5.41) is 0. The van der Waals surface area contributed by atoms with Gasteiger partial charge in [-0.1, -0.05) is 40.5 Å². The van der Waals surface area contributed by atoms with Crippen molar-refractivity contribution in [1.82, 2.24) is 4.57 Å². The van der Waals surface area contributed by atoms with E-state index in [0.717, 1.165) is 0 Å². The van der Waals surface area contributed by atoms with Crippen molar-refractivity contribution in [3.05, 3.63) is 0 Å². The molecule has 3 heteroatoms. The maximum atomic E-state index is 6.84. The molecule has 0 saturated heterocycles. The van der Waals surface area contributed by atoms with Crippen LogP contribution in [0, 0.1) is 0 Å². The van der Waals surface area contributed by atoms with Crippen molar-refractivity contribution in [3.8, 4) is 0 Å². The maximum Gasteiger partial charge on any atom is 0.234 e. The summed E-state index contributed by atoms with van der Waals surface area (Å²) in [6.07, 6.45) is 2.39. The van der Waals surface area contributed by atoms with Gasteiger partial charge >= 0.3 is 0 Å². The molecule has 0 aromatic carbocycles. The Hall–Kier alpha value is 0.467. The van der Waals surface area contributed by atoms with E-state index in [0.29, 0.717) is 11.1 Å². The van der Waals surface area contributed by atoms with Crippen LogP contribution in [0.1, 0.15) is 40.5 Å². The molecular weight excluding hydrogens is 198 g/mol. The third-order valence-corrected chi connectivity index (χ3v) is 11.5. The van der Waals surface area contributed by atoms with E-state index in [2.05, 4.69) is 46.4 Å². The summed E-state index contributed by atoms with van der Waals surface area (Å²) in [7, 11) is 2.54. The molecule has 0 fully saturated rings. The second kappa shape index (κ2) is 5.37. The average molecular weight is 222 g/mol. The Morgan fingerprint density at radius 3 is 1.54 bits per heavy atom. The van der Waals surface area contributed by atoms with Crippen LogP contribution in [0.15, 0.2) is 0 Å². The molecule has 0 N–H and O–H groups in total. The summed E-state index contributed by atoms with van der Waals surface area (Å²) in [6.45, 7) is 9.07. The van der Waals surface area contributed by atoms with Gasteiger partial charge in [-0.25, -0.2) is 0 Å². The van der Waals surface area contributed by atoms with Gasteiger partial charge in [-0.05, 0) is 25.2 Å². The first-order chi connectivity index (χ1) is 5.91. The second-order valence-electron chi connectivity index (χ2n) is 4.24. The molecule has 0 rings (SSSR count). The average Bonchev–Trinajstić information content (AvgIpc) is 2.13. The zero-order chi connectivity index (χ0) is 10.6. The van der Waals surface area contributed by atoms with Crippen LogP contribution in [0.3, 0.4) is 0 Å². The Labute approximate surface area is 89.3 Å². The highest BCUT2D eigenvalue weighted by Crippen LogP contribution is 2.41. The molecule has 0 spiro atoms. The molecule has 0 aliphatic rings. The third-order valence-electron chi connectivity index (χ3n) is 3.29. The zero-order valence-electron chi connectivity index (χ0n) is 9.89. The molecule has 0 radical (unpaired) electrons. The highest BCUT2D eigenvalue weighted by atomic mass is 35.6. The Morgan fingerprint density at radius 2 is 1.38 bits per heavy atom. The fraction of sp³-hybridized carbons (Fsp3) is 1.00. The van der Waals surface area contributed by atoms with Crippen molar-refractivity contribution in [2.24, 2.45) is 0 Å². The van der Waals surface area contributed by atoms with Crippen molar-refractivity contribution >= 4 is 18.6 Å². The third kappa shape index (κ3) is 2.71. The van der Waals surface area contributed by atoms with Crippen molar-refractivity contribution in [2.75, 3.05) is 14.1 Å². The summed E-state index contributed by atoms with van der Waals surface area (Å²) in [6, 6.07) is 0. The van der Waals surface area contributed by atoms with Gasteiger partial charge < -0.3 is 4.57 Å². The SMILES string of the molecule is CCC(C)[Si](Cl)(C(C)CC)N(C)C. The lowest BCUT2D eigenvalue weighted by molar-refractivity contribution is 0.567. The van der Waals surface area contributed by atoms with Crippen molar-refractivity contribution in [2.45, 2.75) is 51.6 Å². The van der Waals surface area contributed by atoms with Crippen LogP contribution < -0.4 is 0 Å². The monoisotopic (exact) mass is 221 g/mol. The van der Waals surface area contributed by atoms with Crippen LogP contribution >= 0.6 is 11.1 Å². The lowest BCUT2D eigenvalue weighted by atomic mass is 10.4. The lowest BCUT2D eigenvalue weighted by Gasteiger charge is -2.40. The van der Waals surface area contributed by atoms with Crippen LogP contribution in [-0.2, 0) is 0 Å². The number of hydrogen-bond donors (Lipinski definition) is 0. The van der Waals surface area contributed by atoms with Gasteiger partial charge in [0.15, 0.2) is 0 Å².